The molecule has 0 aliphatic carbocycles. The van der Waals surface area contributed by atoms with Gasteiger partial charge in [-0.15, -0.1) is 23.5 Å². The van der Waals surface area contributed by atoms with Gasteiger partial charge in [0.2, 0.25) is 0 Å². The summed E-state index contributed by atoms with van der Waals surface area (Å²) in [5.41, 5.74) is 2.20. The Bertz CT molecular complexity index is 521. The fourth-order valence-electron chi connectivity index (χ4n) is 3.42. The maximum Gasteiger partial charge on any atom is 0.253 e. The Morgan fingerprint density at radius 2 is 1.83 bits per heavy atom. The molecular weight excluding hydrogens is 336 g/mol. The summed E-state index contributed by atoms with van der Waals surface area (Å²) in [6.45, 7) is 2.89. The van der Waals surface area contributed by atoms with E-state index in [0.29, 0.717) is 4.58 Å². The Morgan fingerprint density at radius 1 is 1.17 bits per heavy atom. The molecule has 0 atom stereocenters. The third-order valence-electron chi connectivity index (χ3n) is 4.96. The number of thioether (sulfide) groups is 2. The molecule has 5 heteroatoms. The molecule has 1 aromatic carbocycles. The van der Waals surface area contributed by atoms with Gasteiger partial charge in [0.15, 0.2) is 0 Å². The van der Waals surface area contributed by atoms with Crippen molar-refractivity contribution in [2.75, 3.05) is 38.2 Å². The van der Waals surface area contributed by atoms with Gasteiger partial charge < -0.3 is 10.2 Å². The lowest BCUT2D eigenvalue weighted by Crippen LogP contribution is -2.38. The molecule has 2 saturated heterocycles. The normalized spacial score (nSPS) is 20.3. The second-order valence-electron chi connectivity index (χ2n) is 6.68. The van der Waals surface area contributed by atoms with Gasteiger partial charge in [0.25, 0.3) is 5.91 Å². The van der Waals surface area contributed by atoms with Crippen molar-refractivity contribution in [3.8, 4) is 0 Å². The van der Waals surface area contributed by atoms with Gasteiger partial charge in [-0.1, -0.05) is 12.1 Å². The lowest BCUT2D eigenvalue weighted by molar-refractivity contribution is 0.0687. The number of benzene rings is 1. The van der Waals surface area contributed by atoms with Crippen LogP contribution in [0, 0.1) is 5.92 Å². The average molecular weight is 365 g/mol. The molecule has 0 aromatic heterocycles. The maximum atomic E-state index is 12.7. The molecule has 3 rings (SSSR count). The summed E-state index contributed by atoms with van der Waals surface area (Å²) in [4.78, 5) is 14.7. The van der Waals surface area contributed by atoms with Crippen molar-refractivity contribution in [3.63, 3.8) is 0 Å². The van der Waals surface area contributed by atoms with Crippen LogP contribution in [0.5, 0.6) is 0 Å². The SMILES string of the molecule is CNCCC1CCN(C(=O)c2ccc(C3SCCCS3)cc2)CC1. The molecule has 1 N–H and O–H groups in total. The smallest absolute Gasteiger partial charge is 0.253 e. The van der Waals surface area contributed by atoms with Gasteiger partial charge >= 0.3 is 0 Å². The molecule has 0 spiro atoms. The van der Waals surface area contributed by atoms with Gasteiger partial charge in [0.1, 0.15) is 0 Å². The second-order valence-corrected chi connectivity index (χ2v) is 9.40. The predicted molar refractivity (Wildman–Crippen MR) is 106 cm³/mol. The first-order valence-electron chi connectivity index (χ1n) is 9.05. The van der Waals surface area contributed by atoms with Crippen LogP contribution in [-0.4, -0.2) is 49.0 Å². The zero-order chi connectivity index (χ0) is 16.8. The molecule has 2 aliphatic heterocycles. The zero-order valence-corrected chi connectivity index (χ0v) is 16.1. The summed E-state index contributed by atoms with van der Waals surface area (Å²) in [7, 11) is 2.01. The lowest BCUT2D eigenvalue weighted by atomic mass is 9.93. The number of carbonyl (C=O) groups excluding carboxylic acids is 1. The van der Waals surface area contributed by atoms with E-state index >= 15 is 0 Å². The first-order chi connectivity index (χ1) is 11.8. The molecule has 132 valence electrons. The highest BCUT2D eigenvalue weighted by atomic mass is 32.2. The number of nitrogens with zero attached hydrogens (tertiary/aromatic N) is 1. The summed E-state index contributed by atoms with van der Waals surface area (Å²) in [5, 5.41) is 3.22. The molecule has 2 fully saturated rings. The molecule has 2 aliphatic rings. The second kappa shape index (κ2) is 9.16. The molecule has 0 bridgehead atoms. The van der Waals surface area contributed by atoms with Gasteiger partial charge in [-0.3, -0.25) is 4.79 Å². The summed E-state index contributed by atoms with van der Waals surface area (Å²) in [5.74, 6) is 3.48. The number of piperidine rings is 1. The minimum Gasteiger partial charge on any atom is -0.339 e. The van der Waals surface area contributed by atoms with E-state index in [1.54, 1.807) is 0 Å². The fraction of sp³-hybridized carbons (Fsp3) is 0.632. The molecule has 0 radical (unpaired) electrons. The van der Waals surface area contributed by atoms with Crippen LogP contribution >= 0.6 is 23.5 Å². The third kappa shape index (κ3) is 4.70. The average Bonchev–Trinajstić information content (AvgIpc) is 2.67. The van der Waals surface area contributed by atoms with E-state index in [0.717, 1.165) is 44.0 Å². The van der Waals surface area contributed by atoms with E-state index in [1.807, 2.05) is 47.6 Å². The number of hydrogen-bond acceptors (Lipinski definition) is 4. The monoisotopic (exact) mass is 364 g/mol. The topological polar surface area (TPSA) is 32.3 Å². The summed E-state index contributed by atoms with van der Waals surface area (Å²) in [6.07, 6.45) is 4.82. The Hall–Kier alpha value is -0.650. The van der Waals surface area contributed by atoms with Crippen LogP contribution in [0.15, 0.2) is 24.3 Å². The third-order valence-corrected chi connectivity index (χ3v) is 7.98. The highest BCUT2D eigenvalue weighted by Crippen LogP contribution is 2.43. The summed E-state index contributed by atoms with van der Waals surface area (Å²) >= 11 is 4.06. The van der Waals surface area contributed by atoms with Crippen molar-refractivity contribution in [2.24, 2.45) is 5.92 Å². The van der Waals surface area contributed by atoms with E-state index < -0.39 is 0 Å². The number of nitrogens with one attached hydrogen (secondary N) is 1. The number of likely N-dealkylation sites (tertiary alicyclic amines) is 1. The van der Waals surface area contributed by atoms with Crippen molar-refractivity contribution in [2.45, 2.75) is 30.3 Å². The van der Waals surface area contributed by atoms with Crippen molar-refractivity contribution >= 4 is 29.4 Å². The van der Waals surface area contributed by atoms with Crippen LogP contribution < -0.4 is 5.32 Å². The highest BCUT2D eigenvalue weighted by Gasteiger charge is 2.24. The van der Waals surface area contributed by atoms with Crippen LogP contribution in [0.25, 0.3) is 0 Å². The highest BCUT2D eigenvalue weighted by molar-refractivity contribution is 8.16. The fourth-order valence-corrected chi connectivity index (χ4v) is 6.31. The van der Waals surface area contributed by atoms with E-state index in [-0.39, 0.29) is 5.91 Å². The number of hydrogen-bond donors (Lipinski definition) is 1. The minimum atomic E-state index is 0.206. The molecule has 24 heavy (non-hydrogen) atoms. The van der Waals surface area contributed by atoms with E-state index in [4.69, 9.17) is 0 Å². The zero-order valence-electron chi connectivity index (χ0n) is 14.5. The Kier molecular flexibility index (Phi) is 6.93. The van der Waals surface area contributed by atoms with Crippen molar-refractivity contribution in [1.29, 1.82) is 0 Å². The van der Waals surface area contributed by atoms with E-state index in [9.17, 15) is 4.79 Å². The van der Waals surface area contributed by atoms with Crippen LogP contribution in [0.4, 0.5) is 0 Å². The molecular formula is C19H28N2OS2. The first kappa shape index (κ1) is 18.2. The van der Waals surface area contributed by atoms with Crippen molar-refractivity contribution < 1.29 is 4.79 Å². The standard InChI is InChI=1S/C19H28N2OS2/c1-20-10-7-15-8-11-21(12-9-15)18(22)16-3-5-17(6-4-16)19-23-13-2-14-24-19/h3-6,15,19-20H,2,7-14H2,1H3. The largest absolute Gasteiger partial charge is 0.339 e. The maximum absolute atomic E-state index is 12.7. The minimum absolute atomic E-state index is 0.206. The first-order valence-corrected chi connectivity index (χ1v) is 11.1. The number of rotatable bonds is 5. The molecule has 1 aromatic rings. The molecule has 0 unspecified atom stereocenters. The Morgan fingerprint density at radius 3 is 2.46 bits per heavy atom. The Balaban J connectivity index is 1.53. The number of carbonyl (C=O) groups is 1. The summed E-state index contributed by atoms with van der Waals surface area (Å²) in [6, 6.07) is 8.37. The van der Waals surface area contributed by atoms with Gasteiger partial charge in [0, 0.05) is 18.7 Å². The lowest BCUT2D eigenvalue weighted by Gasteiger charge is -2.32. The molecule has 1 amide bonds. The quantitative estimate of drug-likeness (QED) is 0.855. The van der Waals surface area contributed by atoms with Crippen LogP contribution in [0.3, 0.4) is 0 Å². The Labute approximate surface area is 154 Å². The molecule has 3 nitrogen and oxygen atoms in total. The van der Waals surface area contributed by atoms with Gasteiger partial charge in [-0.25, -0.2) is 0 Å². The van der Waals surface area contributed by atoms with Crippen molar-refractivity contribution in [1.82, 2.24) is 10.2 Å². The van der Waals surface area contributed by atoms with Crippen LogP contribution in [0.2, 0.25) is 0 Å². The molecule has 2 heterocycles. The van der Waals surface area contributed by atoms with Gasteiger partial charge in [0.05, 0.1) is 4.58 Å². The van der Waals surface area contributed by atoms with E-state index in [1.165, 1.54) is 29.9 Å². The number of amides is 1. The van der Waals surface area contributed by atoms with Gasteiger partial charge in [-0.2, -0.15) is 0 Å². The van der Waals surface area contributed by atoms with Crippen LogP contribution in [-0.2, 0) is 0 Å². The van der Waals surface area contributed by atoms with E-state index in [2.05, 4.69) is 17.4 Å². The molecule has 0 saturated carbocycles. The van der Waals surface area contributed by atoms with Gasteiger partial charge in [-0.05, 0) is 74.4 Å². The predicted octanol–water partition coefficient (Wildman–Crippen LogP) is 4.02. The summed E-state index contributed by atoms with van der Waals surface area (Å²) < 4.78 is 0.547. The van der Waals surface area contributed by atoms with Crippen molar-refractivity contribution in [3.05, 3.63) is 35.4 Å². The van der Waals surface area contributed by atoms with Crippen LogP contribution in [0.1, 0.15) is 46.2 Å².